The Balaban J connectivity index is 1.54. The average Bonchev–Trinajstić information content (AvgIpc) is 3.24. The van der Waals surface area contributed by atoms with Crippen LogP contribution < -0.4 is 15.8 Å². The van der Waals surface area contributed by atoms with E-state index in [1.807, 2.05) is 84.9 Å². The van der Waals surface area contributed by atoms with Gasteiger partial charge < -0.3 is 20.5 Å². The molecule has 4 N–H and O–H groups in total. The van der Waals surface area contributed by atoms with Crippen molar-refractivity contribution >= 4 is 50.3 Å². The van der Waals surface area contributed by atoms with Gasteiger partial charge in [0, 0.05) is 15.8 Å². The van der Waals surface area contributed by atoms with Gasteiger partial charge in [0.1, 0.15) is 18.2 Å². The first-order chi connectivity index (χ1) is 15.1. The molecule has 0 bridgehead atoms. The van der Waals surface area contributed by atoms with Crippen molar-refractivity contribution < 1.29 is 9.47 Å². The van der Waals surface area contributed by atoms with E-state index in [2.05, 4.69) is 5.32 Å². The highest BCUT2D eigenvalue weighted by Gasteiger charge is 2.18. The Morgan fingerprint density at radius 2 is 1.71 bits per heavy atom. The molecule has 7 heteroatoms. The van der Waals surface area contributed by atoms with Crippen LogP contribution in [0.2, 0.25) is 0 Å². The first-order valence-electron chi connectivity index (χ1n) is 9.67. The Morgan fingerprint density at radius 1 is 1.00 bits per heavy atom. The number of amidine groups is 1. The van der Waals surface area contributed by atoms with Crippen LogP contribution in [0.15, 0.2) is 84.9 Å². The minimum Gasteiger partial charge on any atom is -0.481 e. The summed E-state index contributed by atoms with van der Waals surface area (Å²) in [4.78, 5) is 0.715. The summed E-state index contributed by atoms with van der Waals surface area (Å²) in [7, 11) is 0. The monoisotopic (exact) mass is 447 g/mol. The van der Waals surface area contributed by atoms with Gasteiger partial charge in [0.25, 0.3) is 5.17 Å². The van der Waals surface area contributed by atoms with Crippen LogP contribution in [0.5, 0.6) is 5.75 Å². The summed E-state index contributed by atoms with van der Waals surface area (Å²) < 4.78 is 13.2. The third kappa shape index (κ3) is 5.20. The van der Waals surface area contributed by atoms with Crippen molar-refractivity contribution in [2.45, 2.75) is 6.10 Å². The lowest BCUT2D eigenvalue weighted by molar-refractivity contribution is 0.127. The van der Waals surface area contributed by atoms with E-state index in [1.54, 1.807) is 0 Å². The predicted molar refractivity (Wildman–Crippen MR) is 131 cm³/mol. The van der Waals surface area contributed by atoms with Gasteiger partial charge in [-0.05, 0) is 48.1 Å². The Bertz CT molecular complexity index is 1190. The van der Waals surface area contributed by atoms with Gasteiger partial charge in [-0.15, -0.1) is 11.3 Å². The van der Waals surface area contributed by atoms with Gasteiger partial charge in [0.2, 0.25) is 0 Å². The van der Waals surface area contributed by atoms with Gasteiger partial charge >= 0.3 is 0 Å². The van der Waals surface area contributed by atoms with Gasteiger partial charge in [0.05, 0.1) is 4.88 Å². The molecule has 1 unspecified atom stereocenters. The van der Waals surface area contributed by atoms with Crippen LogP contribution >= 0.6 is 23.6 Å². The molecule has 5 nitrogen and oxygen atoms in total. The number of nitrogens with two attached hydrogens (primary N) is 1. The number of anilines is 1. The van der Waals surface area contributed by atoms with Crippen LogP contribution in [0.3, 0.4) is 0 Å². The average molecular weight is 448 g/mol. The van der Waals surface area contributed by atoms with E-state index in [0.29, 0.717) is 10.6 Å². The van der Waals surface area contributed by atoms with E-state index >= 15 is 0 Å². The maximum absolute atomic E-state index is 7.73. The van der Waals surface area contributed by atoms with Gasteiger partial charge in [-0.25, -0.2) is 0 Å². The van der Waals surface area contributed by atoms with E-state index in [4.69, 9.17) is 32.8 Å². The van der Waals surface area contributed by atoms with Crippen molar-refractivity contribution in [1.82, 2.24) is 0 Å². The largest absolute Gasteiger partial charge is 0.481 e. The second-order valence-corrected chi connectivity index (χ2v) is 8.25. The molecule has 1 atom stereocenters. The van der Waals surface area contributed by atoms with E-state index in [-0.39, 0.29) is 23.7 Å². The number of hydrogen-bond acceptors (Lipinski definition) is 5. The first kappa shape index (κ1) is 20.8. The fraction of sp³-hybridized carbons (Fsp3) is 0.0833. The van der Waals surface area contributed by atoms with E-state index in [1.165, 1.54) is 11.3 Å². The topological polar surface area (TPSA) is 80.4 Å². The Labute approximate surface area is 189 Å². The van der Waals surface area contributed by atoms with Crippen molar-refractivity contribution in [2.24, 2.45) is 5.73 Å². The normalized spacial score (nSPS) is 11.6. The number of ether oxygens (including phenoxy) is 2. The number of para-hydroxylation sites is 1. The minimum atomic E-state index is -0.372. The fourth-order valence-electron chi connectivity index (χ4n) is 3.12. The molecule has 0 saturated heterocycles. The molecule has 0 saturated carbocycles. The molecule has 4 rings (SSSR count). The third-order valence-electron chi connectivity index (χ3n) is 4.61. The molecular formula is C24H21N3O2S2. The third-order valence-corrected chi connectivity index (χ3v) is 5.97. The van der Waals surface area contributed by atoms with E-state index in [0.717, 1.165) is 21.3 Å². The summed E-state index contributed by atoms with van der Waals surface area (Å²) in [6, 6.07) is 27.2. The van der Waals surface area contributed by atoms with Crippen LogP contribution in [0.25, 0.3) is 10.1 Å². The number of hydrogen-bond donors (Lipinski definition) is 3. The molecular weight excluding hydrogens is 426 g/mol. The van der Waals surface area contributed by atoms with Gasteiger partial charge in [-0.1, -0.05) is 54.6 Å². The molecule has 0 radical (unpaired) electrons. The van der Waals surface area contributed by atoms with E-state index < -0.39 is 0 Å². The van der Waals surface area contributed by atoms with Gasteiger partial charge in [-0.3, -0.25) is 5.41 Å². The number of thiophene rings is 1. The van der Waals surface area contributed by atoms with Gasteiger partial charge in [0.15, 0.2) is 6.10 Å². The molecule has 1 heterocycles. The Hall–Kier alpha value is -3.42. The molecule has 0 spiro atoms. The minimum absolute atomic E-state index is 0.0485. The number of benzene rings is 3. The van der Waals surface area contributed by atoms with Crippen molar-refractivity contribution in [3.05, 3.63) is 95.4 Å². The first-order valence-corrected chi connectivity index (χ1v) is 10.9. The lowest BCUT2D eigenvalue weighted by Crippen LogP contribution is -2.21. The molecule has 0 amide bonds. The second-order valence-electron chi connectivity index (χ2n) is 6.80. The SMILES string of the molecule is N=C(N)c1cc2c(OC(COC(=S)Nc3ccccc3)c3ccccc3)cccc2s1. The predicted octanol–water partition coefficient (Wildman–Crippen LogP) is 5.72. The lowest BCUT2D eigenvalue weighted by Gasteiger charge is -2.21. The molecule has 0 aliphatic carbocycles. The molecule has 31 heavy (non-hydrogen) atoms. The lowest BCUT2D eigenvalue weighted by atomic mass is 10.1. The highest BCUT2D eigenvalue weighted by atomic mass is 32.1. The summed E-state index contributed by atoms with van der Waals surface area (Å²) in [6.07, 6.45) is -0.372. The zero-order valence-electron chi connectivity index (χ0n) is 16.6. The number of nitrogen functional groups attached to an aromatic ring is 1. The van der Waals surface area contributed by atoms with Crippen molar-refractivity contribution in [1.29, 1.82) is 5.41 Å². The molecule has 156 valence electrons. The quantitative estimate of drug-likeness (QED) is 0.192. The van der Waals surface area contributed by atoms with Crippen LogP contribution in [0, 0.1) is 5.41 Å². The maximum atomic E-state index is 7.73. The summed E-state index contributed by atoms with van der Waals surface area (Å²) >= 11 is 6.82. The summed E-state index contributed by atoms with van der Waals surface area (Å²) in [6.45, 7) is 0.239. The zero-order valence-corrected chi connectivity index (χ0v) is 18.2. The standard InChI is InChI=1S/C24H21N3O2S2/c25-23(26)22-14-18-19(12-7-13-21(18)31-22)29-20(16-8-3-1-4-9-16)15-28-24(30)27-17-10-5-2-6-11-17/h1-14,20H,15H2,(H3,25,26)(H,27,30). The molecule has 1 aromatic heterocycles. The smallest absolute Gasteiger partial charge is 0.261 e. The summed E-state index contributed by atoms with van der Waals surface area (Å²) in [5.74, 6) is 0.757. The van der Waals surface area contributed by atoms with Crippen molar-refractivity contribution in [3.63, 3.8) is 0 Å². The number of nitrogens with one attached hydrogen (secondary N) is 2. The van der Waals surface area contributed by atoms with Crippen LogP contribution in [0.4, 0.5) is 5.69 Å². The maximum Gasteiger partial charge on any atom is 0.261 e. The molecule has 4 aromatic rings. The number of rotatable bonds is 7. The summed E-state index contributed by atoms with van der Waals surface area (Å²) in [5.41, 5.74) is 7.52. The highest BCUT2D eigenvalue weighted by molar-refractivity contribution is 7.80. The van der Waals surface area contributed by atoms with Crippen molar-refractivity contribution in [3.8, 4) is 5.75 Å². The number of fused-ring (bicyclic) bond motifs is 1. The molecule has 0 aliphatic rings. The van der Waals surface area contributed by atoms with Crippen molar-refractivity contribution in [2.75, 3.05) is 11.9 Å². The molecule has 3 aromatic carbocycles. The van der Waals surface area contributed by atoms with Crippen LogP contribution in [-0.4, -0.2) is 17.6 Å². The molecule has 0 aliphatic heterocycles. The van der Waals surface area contributed by atoms with Gasteiger partial charge in [-0.2, -0.15) is 0 Å². The van der Waals surface area contributed by atoms with E-state index in [9.17, 15) is 0 Å². The summed E-state index contributed by atoms with van der Waals surface area (Å²) in [5, 5.41) is 12.0. The van der Waals surface area contributed by atoms with Crippen LogP contribution in [-0.2, 0) is 4.74 Å². The Morgan fingerprint density at radius 3 is 2.42 bits per heavy atom. The molecule has 0 fully saturated rings. The Kier molecular flexibility index (Phi) is 6.45. The van der Waals surface area contributed by atoms with Crippen LogP contribution in [0.1, 0.15) is 16.5 Å². The highest BCUT2D eigenvalue weighted by Crippen LogP contribution is 2.35. The number of thiocarbonyl (C=S) groups is 1. The zero-order chi connectivity index (χ0) is 21.6. The second kappa shape index (κ2) is 9.59. The fourth-order valence-corrected chi connectivity index (χ4v) is 4.24.